The molecule has 0 spiro atoms. The van der Waals surface area contributed by atoms with Crippen molar-refractivity contribution in [3.05, 3.63) is 36.4 Å². The molecule has 0 aliphatic rings. The smallest absolute Gasteiger partial charge is 0.238 e. The number of hydrogen-bond acceptors (Lipinski definition) is 3. The normalized spacial score (nSPS) is 10.9. The van der Waals surface area contributed by atoms with Crippen LogP contribution < -0.4 is 10.2 Å². The number of anilines is 2. The number of carbonyl (C=O) groups excluding carboxylic acids is 1. The fourth-order valence-electron chi connectivity index (χ4n) is 2.65. The second-order valence-electron chi connectivity index (χ2n) is 6.24. The van der Waals surface area contributed by atoms with Crippen molar-refractivity contribution >= 4 is 17.3 Å². The van der Waals surface area contributed by atoms with E-state index in [4.69, 9.17) is 0 Å². The van der Waals surface area contributed by atoms with E-state index >= 15 is 0 Å². The molecule has 0 radical (unpaired) electrons. The number of hydrogen-bond donors (Lipinski definition) is 1. The highest BCUT2D eigenvalue weighted by atomic mass is 16.2. The van der Waals surface area contributed by atoms with Gasteiger partial charge in [0.25, 0.3) is 0 Å². The SMILES string of the molecule is C=C(C)CN(CC)CC(=O)Nc1ccc(N(CC)C(C)C)cc1. The van der Waals surface area contributed by atoms with Gasteiger partial charge in [-0.25, -0.2) is 0 Å². The van der Waals surface area contributed by atoms with Crippen molar-refractivity contribution in [2.45, 2.75) is 40.7 Å². The fraction of sp³-hybridized carbons (Fsp3) is 0.526. The molecule has 1 amide bonds. The minimum atomic E-state index is 0.0112. The molecule has 1 aromatic rings. The van der Waals surface area contributed by atoms with Crippen molar-refractivity contribution < 1.29 is 4.79 Å². The maximum absolute atomic E-state index is 12.2. The third-order valence-corrected chi connectivity index (χ3v) is 3.75. The van der Waals surface area contributed by atoms with E-state index in [1.54, 1.807) is 0 Å². The summed E-state index contributed by atoms with van der Waals surface area (Å²) < 4.78 is 0. The van der Waals surface area contributed by atoms with Gasteiger partial charge in [0.05, 0.1) is 6.54 Å². The molecule has 0 fully saturated rings. The van der Waals surface area contributed by atoms with E-state index in [1.165, 1.54) is 5.69 Å². The summed E-state index contributed by atoms with van der Waals surface area (Å²) in [6.45, 7) is 17.4. The van der Waals surface area contributed by atoms with Gasteiger partial charge in [-0.05, 0) is 58.5 Å². The summed E-state index contributed by atoms with van der Waals surface area (Å²) >= 11 is 0. The molecule has 4 heteroatoms. The lowest BCUT2D eigenvalue weighted by molar-refractivity contribution is -0.117. The molecule has 0 saturated heterocycles. The molecule has 0 aliphatic carbocycles. The number of benzene rings is 1. The van der Waals surface area contributed by atoms with Crippen LogP contribution in [0.25, 0.3) is 0 Å². The van der Waals surface area contributed by atoms with Gasteiger partial charge in [0.1, 0.15) is 0 Å². The first-order chi connectivity index (χ1) is 10.9. The molecule has 0 atom stereocenters. The largest absolute Gasteiger partial charge is 0.369 e. The Bertz CT molecular complexity index is 508. The van der Waals surface area contributed by atoms with Gasteiger partial charge in [-0.1, -0.05) is 19.1 Å². The number of likely N-dealkylation sites (N-methyl/N-ethyl adjacent to an activating group) is 1. The summed E-state index contributed by atoms with van der Waals surface area (Å²) in [5.41, 5.74) is 3.08. The number of nitrogens with one attached hydrogen (secondary N) is 1. The highest BCUT2D eigenvalue weighted by Crippen LogP contribution is 2.19. The molecule has 0 bridgehead atoms. The van der Waals surface area contributed by atoms with Crippen LogP contribution in [0.2, 0.25) is 0 Å². The summed E-state index contributed by atoms with van der Waals surface area (Å²) in [6.07, 6.45) is 0. The van der Waals surface area contributed by atoms with E-state index in [2.05, 4.69) is 61.5 Å². The zero-order valence-electron chi connectivity index (χ0n) is 15.2. The standard InChI is InChI=1S/C19H31N3O/c1-7-21(13-15(3)4)14-19(23)20-17-9-11-18(12-10-17)22(8-2)16(5)6/h9-12,16H,3,7-8,13-14H2,1-2,4-6H3,(H,20,23). The Morgan fingerprint density at radius 3 is 2.17 bits per heavy atom. The van der Waals surface area contributed by atoms with Crippen LogP contribution in [0.1, 0.15) is 34.6 Å². The minimum absolute atomic E-state index is 0.0112. The zero-order chi connectivity index (χ0) is 17.4. The summed E-state index contributed by atoms with van der Waals surface area (Å²) in [6, 6.07) is 8.51. The molecule has 128 valence electrons. The van der Waals surface area contributed by atoms with E-state index < -0.39 is 0 Å². The number of rotatable bonds is 9. The Balaban J connectivity index is 2.63. The zero-order valence-corrected chi connectivity index (χ0v) is 15.2. The molecule has 1 aromatic carbocycles. The third kappa shape index (κ3) is 6.45. The van der Waals surface area contributed by atoms with Crippen molar-refractivity contribution in [2.24, 2.45) is 0 Å². The maximum Gasteiger partial charge on any atom is 0.238 e. The van der Waals surface area contributed by atoms with Crippen LogP contribution in [0, 0.1) is 0 Å². The molecule has 0 aliphatic heterocycles. The van der Waals surface area contributed by atoms with Gasteiger partial charge < -0.3 is 10.2 Å². The third-order valence-electron chi connectivity index (χ3n) is 3.75. The first-order valence-electron chi connectivity index (χ1n) is 8.40. The van der Waals surface area contributed by atoms with Gasteiger partial charge in [-0.2, -0.15) is 0 Å². The van der Waals surface area contributed by atoms with Gasteiger partial charge in [0, 0.05) is 30.5 Å². The van der Waals surface area contributed by atoms with Crippen LogP contribution >= 0.6 is 0 Å². The van der Waals surface area contributed by atoms with Crippen LogP contribution in [0.4, 0.5) is 11.4 Å². The van der Waals surface area contributed by atoms with E-state index in [-0.39, 0.29) is 5.91 Å². The van der Waals surface area contributed by atoms with Crippen LogP contribution in [0.5, 0.6) is 0 Å². The minimum Gasteiger partial charge on any atom is -0.369 e. The molecule has 23 heavy (non-hydrogen) atoms. The van der Waals surface area contributed by atoms with E-state index in [1.807, 2.05) is 19.1 Å². The second kappa shape index (κ2) is 9.36. The van der Waals surface area contributed by atoms with E-state index in [9.17, 15) is 4.79 Å². The molecular formula is C19H31N3O. The van der Waals surface area contributed by atoms with E-state index in [0.717, 1.165) is 30.9 Å². The predicted octanol–water partition coefficient (Wildman–Crippen LogP) is 3.76. The monoisotopic (exact) mass is 317 g/mol. The van der Waals surface area contributed by atoms with Crippen molar-refractivity contribution in [3.63, 3.8) is 0 Å². The predicted molar refractivity (Wildman–Crippen MR) is 100 cm³/mol. The Morgan fingerprint density at radius 2 is 1.74 bits per heavy atom. The van der Waals surface area contributed by atoms with Crippen molar-refractivity contribution in [1.82, 2.24) is 4.90 Å². The molecule has 0 heterocycles. The van der Waals surface area contributed by atoms with Crippen LogP contribution in [0.3, 0.4) is 0 Å². The highest BCUT2D eigenvalue weighted by Gasteiger charge is 2.11. The lowest BCUT2D eigenvalue weighted by Crippen LogP contribution is -2.34. The quantitative estimate of drug-likeness (QED) is 0.704. The fourth-order valence-corrected chi connectivity index (χ4v) is 2.65. The molecule has 0 unspecified atom stereocenters. The first kappa shape index (κ1) is 19.2. The number of carbonyl (C=O) groups is 1. The maximum atomic E-state index is 12.2. The average Bonchev–Trinajstić information content (AvgIpc) is 2.48. The first-order valence-corrected chi connectivity index (χ1v) is 8.40. The molecular weight excluding hydrogens is 286 g/mol. The van der Waals surface area contributed by atoms with Crippen molar-refractivity contribution in [2.75, 3.05) is 36.4 Å². The Morgan fingerprint density at radius 1 is 1.13 bits per heavy atom. The summed E-state index contributed by atoms with van der Waals surface area (Å²) in [7, 11) is 0. The van der Waals surface area contributed by atoms with Crippen LogP contribution in [-0.4, -0.2) is 43.0 Å². The topological polar surface area (TPSA) is 35.6 Å². The average molecular weight is 317 g/mol. The molecule has 1 rings (SSSR count). The summed E-state index contributed by atoms with van der Waals surface area (Å²) in [5.74, 6) is 0.0112. The van der Waals surface area contributed by atoms with E-state index in [0.29, 0.717) is 12.6 Å². The Kier molecular flexibility index (Phi) is 7.83. The second-order valence-corrected chi connectivity index (χ2v) is 6.24. The van der Waals surface area contributed by atoms with Crippen LogP contribution in [-0.2, 0) is 4.79 Å². The lowest BCUT2D eigenvalue weighted by Gasteiger charge is -2.27. The highest BCUT2D eigenvalue weighted by molar-refractivity contribution is 5.92. The summed E-state index contributed by atoms with van der Waals surface area (Å²) in [5, 5.41) is 2.96. The summed E-state index contributed by atoms with van der Waals surface area (Å²) in [4.78, 5) is 16.5. The van der Waals surface area contributed by atoms with Crippen molar-refractivity contribution in [1.29, 1.82) is 0 Å². The molecule has 1 N–H and O–H groups in total. The molecule has 0 saturated carbocycles. The van der Waals surface area contributed by atoms with Gasteiger partial charge in [-0.15, -0.1) is 0 Å². The van der Waals surface area contributed by atoms with Crippen molar-refractivity contribution in [3.8, 4) is 0 Å². The number of nitrogens with zero attached hydrogens (tertiary/aromatic N) is 2. The van der Waals surface area contributed by atoms with Gasteiger partial charge in [-0.3, -0.25) is 9.69 Å². The number of amides is 1. The van der Waals surface area contributed by atoms with Gasteiger partial charge in [0.15, 0.2) is 0 Å². The van der Waals surface area contributed by atoms with Gasteiger partial charge in [0.2, 0.25) is 5.91 Å². The Labute approximate surface area is 141 Å². The molecule has 0 aromatic heterocycles. The lowest BCUT2D eigenvalue weighted by atomic mass is 10.2. The Hall–Kier alpha value is -1.81. The van der Waals surface area contributed by atoms with Gasteiger partial charge >= 0.3 is 0 Å². The van der Waals surface area contributed by atoms with Crippen LogP contribution in [0.15, 0.2) is 36.4 Å². The molecule has 4 nitrogen and oxygen atoms in total.